The van der Waals surface area contributed by atoms with E-state index in [0.717, 1.165) is 56.7 Å². The van der Waals surface area contributed by atoms with Gasteiger partial charge in [-0.3, -0.25) is 0 Å². The summed E-state index contributed by atoms with van der Waals surface area (Å²) in [4.78, 5) is 15.2. The van der Waals surface area contributed by atoms with Crippen LogP contribution in [-0.4, -0.2) is 36.3 Å². The second kappa shape index (κ2) is 7.21. The van der Waals surface area contributed by atoms with Crippen LogP contribution in [0, 0.1) is 5.92 Å². The quantitative estimate of drug-likeness (QED) is 0.682. The van der Waals surface area contributed by atoms with Crippen molar-refractivity contribution >= 4 is 27.4 Å². The lowest BCUT2D eigenvalue weighted by Crippen LogP contribution is -2.37. The number of benzene rings is 1. The van der Waals surface area contributed by atoms with Gasteiger partial charge in [0.05, 0.1) is 18.6 Å². The van der Waals surface area contributed by atoms with E-state index >= 15 is 0 Å². The van der Waals surface area contributed by atoms with Gasteiger partial charge in [-0.2, -0.15) is 0 Å². The molecule has 140 valence electrons. The van der Waals surface area contributed by atoms with Crippen LogP contribution in [0.25, 0.3) is 10.2 Å². The van der Waals surface area contributed by atoms with Gasteiger partial charge in [-0.05, 0) is 36.3 Å². The minimum Gasteiger partial charge on any atom is -0.378 e. The maximum atomic E-state index is 5.58. The number of aromatic nitrogens is 2. The van der Waals surface area contributed by atoms with Crippen molar-refractivity contribution in [3.05, 3.63) is 52.2 Å². The van der Waals surface area contributed by atoms with Crippen molar-refractivity contribution in [1.82, 2.24) is 9.97 Å². The fourth-order valence-corrected chi connectivity index (χ4v) is 5.62. The molecule has 1 aliphatic carbocycles. The molecule has 1 fully saturated rings. The third kappa shape index (κ3) is 3.34. The summed E-state index contributed by atoms with van der Waals surface area (Å²) < 4.78 is 5.58. The molecule has 0 unspecified atom stereocenters. The molecule has 27 heavy (non-hydrogen) atoms. The number of thiophene rings is 1. The van der Waals surface area contributed by atoms with Crippen LogP contribution in [0.4, 0.5) is 5.82 Å². The standard InChI is InChI=1S/C22H25N3OS/c1-15-7-8-17-18(13-15)27-22-20(17)21(25-9-11-26-12-10-25)23-19(24-22)14-16-5-3-2-4-6-16/h2-6,15H,7-14H2,1H3/t15-/m0/s1. The molecule has 0 saturated carbocycles. The average molecular weight is 380 g/mol. The van der Waals surface area contributed by atoms with Gasteiger partial charge in [0, 0.05) is 24.4 Å². The van der Waals surface area contributed by atoms with Crippen LogP contribution in [0.5, 0.6) is 0 Å². The van der Waals surface area contributed by atoms with Crippen LogP contribution in [-0.2, 0) is 24.0 Å². The van der Waals surface area contributed by atoms with E-state index in [2.05, 4.69) is 42.2 Å². The van der Waals surface area contributed by atoms with Crippen molar-refractivity contribution in [2.45, 2.75) is 32.6 Å². The highest BCUT2D eigenvalue weighted by Gasteiger charge is 2.26. The minimum atomic E-state index is 0.772. The third-order valence-corrected chi connectivity index (χ3v) is 6.85. The summed E-state index contributed by atoms with van der Waals surface area (Å²) >= 11 is 1.90. The molecule has 5 rings (SSSR count). The summed E-state index contributed by atoms with van der Waals surface area (Å²) in [7, 11) is 0. The summed E-state index contributed by atoms with van der Waals surface area (Å²) in [5.74, 6) is 2.84. The third-order valence-electron chi connectivity index (χ3n) is 5.70. The normalized spacial score (nSPS) is 20.0. The Labute approximate surface area is 164 Å². The van der Waals surface area contributed by atoms with Gasteiger partial charge < -0.3 is 9.64 Å². The number of hydrogen-bond acceptors (Lipinski definition) is 5. The van der Waals surface area contributed by atoms with Gasteiger partial charge in [0.25, 0.3) is 0 Å². The topological polar surface area (TPSA) is 38.2 Å². The van der Waals surface area contributed by atoms with E-state index in [9.17, 15) is 0 Å². The van der Waals surface area contributed by atoms with Crippen molar-refractivity contribution in [3.63, 3.8) is 0 Å². The zero-order valence-electron chi connectivity index (χ0n) is 15.8. The maximum absolute atomic E-state index is 5.58. The Morgan fingerprint density at radius 3 is 2.78 bits per heavy atom. The Hall–Kier alpha value is -1.98. The first-order valence-corrected chi connectivity index (χ1v) is 10.8. The van der Waals surface area contributed by atoms with Crippen molar-refractivity contribution in [1.29, 1.82) is 0 Å². The van der Waals surface area contributed by atoms with Gasteiger partial charge in [-0.15, -0.1) is 11.3 Å². The first-order valence-electron chi connectivity index (χ1n) is 9.95. The molecule has 1 atom stereocenters. The number of rotatable bonds is 3. The number of hydrogen-bond donors (Lipinski definition) is 0. The molecule has 2 aliphatic rings. The van der Waals surface area contributed by atoms with Gasteiger partial charge in [-0.25, -0.2) is 9.97 Å². The molecule has 3 heterocycles. The van der Waals surface area contributed by atoms with Crippen LogP contribution >= 0.6 is 11.3 Å². The molecule has 0 amide bonds. The summed E-state index contributed by atoms with van der Waals surface area (Å²) in [5, 5.41) is 1.32. The van der Waals surface area contributed by atoms with Gasteiger partial charge in [-0.1, -0.05) is 37.3 Å². The van der Waals surface area contributed by atoms with E-state index in [1.54, 1.807) is 0 Å². The average Bonchev–Trinajstić information content (AvgIpc) is 3.06. The highest BCUT2D eigenvalue weighted by molar-refractivity contribution is 7.19. The zero-order valence-corrected chi connectivity index (χ0v) is 16.6. The lowest BCUT2D eigenvalue weighted by atomic mass is 9.89. The van der Waals surface area contributed by atoms with E-state index in [1.165, 1.54) is 39.1 Å². The van der Waals surface area contributed by atoms with Crippen LogP contribution in [0.3, 0.4) is 0 Å². The summed E-state index contributed by atoms with van der Waals surface area (Å²) in [6.45, 7) is 5.75. The number of fused-ring (bicyclic) bond motifs is 3. The lowest BCUT2D eigenvalue weighted by molar-refractivity contribution is 0.122. The fourth-order valence-electron chi connectivity index (χ4n) is 4.23. The Morgan fingerprint density at radius 2 is 1.96 bits per heavy atom. The largest absolute Gasteiger partial charge is 0.378 e. The number of morpholine rings is 1. The molecule has 3 aromatic rings. The van der Waals surface area contributed by atoms with E-state index in [1.807, 2.05) is 11.3 Å². The molecule has 0 bridgehead atoms. The summed E-state index contributed by atoms with van der Waals surface area (Å²) in [6.07, 6.45) is 4.41. The van der Waals surface area contributed by atoms with Crippen molar-refractivity contribution < 1.29 is 4.74 Å². The monoisotopic (exact) mass is 379 g/mol. The Kier molecular flexibility index (Phi) is 4.58. The molecule has 4 nitrogen and oxygen atoms in total. The molecular formula is C22H25N3OS. The number of nitrogens with zero attached hydrogens (tertiary/aromatic N) is 3. The van der Waals surface area contributed by atoms with E-state index in [0.29, 0.717) is 0 Å². The fraction of sp³-hybridized carbons (Fsp3) is 0.455. The lowest BCUT2D eigenvalue weighted by Gasteiger charge is -2.29. The number of ether oxygens (including phenoxy) is 1. The number of anilines is 1. The second-order valence-electron chi connectivity index (χ2n) is 7.76. The molecular weight excluding hydrogens is 354 g/mol. The van der Waals surface area contributed by atoms with Crippen LogP contribution in [0.15, 0.2) is 30.3 Å². The van der Waals surface area contributed by atoms with Crippen molar-refractivity contribution in [2.75, 3.05) is 31.2 Å². The summed E-state index contributed by atoms with van der Waals surface area (Å²) in [5.41, 5.74) is 2.78. The van der Waals surface area contributed by atoms with E-state index in [4.69, 9.17) is 14.7 Å². The van der Waals surface area contributed by atoms with E-state index < -0.39 is 0 Å². The smallest absolute Gasteiger partial charge is 0.141 e. The van der Waals surface area contributed by atoms with Crippen molar-refractivity contribution in [3.8, 4) is 0 Å². The SMILES string of the molecule is C[C@H]1CCc2c(sc3nc(Cc4ccccc4)nc(N4CCOCC4)c23)C1. The molecule has 1 aromatic carbocycles. The number of aryl methyl sites for hydroxylation is 1. The van der Waals surface area contributed by atoms with Gasteiger partial charge in [0.15, 0.2) is 0 Å². The molecule has 0 radical (unpaired) electrons. The van der Waals surface area contributed by atoms with Crippen molar-refractivity contribution in [2.24, 2.45) is 5.92 Å². The highest BCUT2D eigenvalue weighted by atomic mass is 32.1. The molecule has 0 N–H and O–H groups in total. The van der Waals surface area contributed by atoms with Crippen LogP contribution < -0.4 is 4.90 Å². The first-order chi connectivity index (χ1) is 13.3. The second-order valence-corrected chi connectivity index (χ2v) is 8.84. The van der Waals surface area contributed by atoms with E-state index in [-0.39, 0.29) is 0 Å². The minimum absolute atomic E-state index is 0.772. The Balaban J connectivity index is 1.62. The van der Waals surface area contributed by atoms with Crippen LogP contribution in [0.1, 0.15) is 35.2 Å². The maximum Gasteiger partial charge on any atom is 0.141 e. The highest BCUT2D eigenvalue weighted by Crippen LogP contribution is 2.41. The molecule has 5 heteroatoms. The predicted octanol–water partition coefficient (Wildman–Crippen LogP) is 4.24. The predicted molar refractivity (Wildman–Crippen MR) is 111 cm³/mol. The van der Waals surface area contributed by atoms with Gasteiger partial charge >= 0.3 is 0 Å². The zero-order chi connectivity index (χ0) is 18.2. The molecule has 0 spiro atoms. The molecule has 1 aliphatic heterocycles. The molecule has 2 aromatic heterocycles. The summed E-state index contributed by atoms with van der Waals surface area (Å²) in [6, 6.07) is 10.5. The first kappa shape index (κ1) is 17.1. The Bertz CT molecular complexity index is 947. The van der Waals surface area contributed by atoms with Gasteiger partial charge in [0.1, 0.15) is 16.5 Å². The van der Waals surface area contributed by atoms with Gasteiger partial charge in [0.2, 0.25) is 0 Å². The van der Waals surface area contributed by atoms with Crippen LogP contribution in [0.2, 0.25) is 0 Å². The molecule has 1 saturated heterocycles. The Morgan fingerprint density at radius 1 is 1.15 bits per heavy atom.